The molecule has 0 bridgehead atoms. The Kier molecular flexibility index (Phi) is 8.90. The summed E-state index contributed by atoms with van der Waals surface area (Å²) in [5, 5.41) is 13.3. The summed E-state index contributed by atoms with van der Waals surface area (Å²) >= 11 is 0. The van der Waals surface area contributed by atoms with Crippen molar-refractivity contribution >= 4 is 11.7 Å². The van der Waals surface area contributed by atoms with E-state index >= 15 is 0 Å². The van der Waals surface area contributed by atoms with Crippen molar-refractivity contribution in [2.24, 2.45) is 17.0 Å². The smallest absolute Gasteiger partial charge is 0.307 e. The van der Waals surface area contributed by atoms with E-state index in [1.165, 1.54) is 5.56 Å². The van der Waals surface area contributed by atoms with E-state index in [9.17, 15) is 9.90 Å². The summed E-state index contributed by atoms with van der Waals surface area (Å²) in [5.74, 6) is 0.518. The van der Waals surface area contributed by atoms with Gasteiger partial charge in [-0.3, -0.25) is 4.79 Å². The quantitative estimate of drug-likeness (QED) is 0.156. The van der Waals surface area contributed by atoms with Crippen LogP contribution in [0.3, 0.4) is 0 Å². The molecule has 2 aromatic carbocycles. The lowest BCUT2D eigenvalue weighted by Gasteiger charge is -2.15. The lowest BCUT2D eigenvalue weighted by Crippen LogP contribution is -2.03. The Balaban J connectivity index is 1.39. The molecule has 1 saturated carbocycles. The van der Waals surface area contributed by atoms with Gasteiger partial charge in [0.1, 0.15) is 19.5 Å². The van der Waals surface area contributed by atoms with E-state index in [0.717, 1.165) is 57.7 Å². The molecule has 3 aromatic rings. The van der Waals surface area contributed by atoms with Crippen LogP contribution in [0.15, 0.2) is 53.8 Å². The molecule has 0 saturated heterocycles. The summed E-state index contributed by atoms with van der Waals surface area (Å²) in [6.45, 7) is 11.1. The van der Waals surface area contributed by atoms with Gasteiger partial charge in [-0.05, 0) is 104 Å². The first-order chi connectivity index (χ1) is 18.7. The van der Waals surface area contributed by atoms with Gasteiger partial charge in [0.2, 0.25) is 5.88 Å². The Morgan fingerprint density at radius 3 is 2.44 bits per heavy atom. The number of aryl methyl sites for hydroxylation is 3. The van der Waals surface area contributed by atoms with E-state index in [1.807, 2.05) is 39.0 Å². The number of aliphatic carboxylic acids is 1. The van der Waals surface area contributed by atoms with E-state index < -0.39 is 5.97 Å². The summed E-state index contributed by atoms with van der Waals surface area (Å²) in [4.78, 5) is 20.7. The van der Waals surface area contributed by atoms with Crippen LogP contribution < -0.4 is 9.47 Å². The molecule has 1 fully saturated rings. The van der Waals surface area contributed by atoms with Crippen LogP contribution >= 0.6 is 0 Å². The first kappa shape index (κ1) is 28.1. The molecule has 1 heterocycles. The van der Waals surface area contributed by atoms with Crippen molar-refractivity contribution in [3.8, 4) is 22.8 Å². The minimum atomic E-state index is -0.737. The number of rotatable bonds is 12. The van der Waals surface area contributed by atoms with Gasteiger partial charge in [-0.2, -0.15) is 0 Å². The molecule has 7 heteroatoms. The van der Waals surface area contributed by atoms with Gasteiger partial charge in [0.25, 0.3) is 0 Å². The highest BCUT2D eigenvalue weighted by atomic mass is 16.6. The van der Waals surface area contributed by atoms with E-state index in [1.54, 1.807) is 13.3 Å². The van der Waals surface area contributed by atoms with Crippen molar-refractivity contribution in [1.82, 2.24) is 4.98 Å². The zero-order valence-electron chi connectivity index (χ0n) is 23.7. The number of oxime groups is 1. The van der Waals surface area contributed by atoms with Gasteiger partial charge < -0.3 is 19.4 Å². The molecule has 206 valence electrons. The first-order valence-corrected chi connectivity index (χ1v) is 13.4. The fraction of sp³-hybridized carbons (Fsp3) is 0.406. The molecule has 0 aliphatic heterocycles. The fourth-order valence-electron chi connectivity index (χ4n) is 5.44. The highest BCUT2D eigenvalue weighted by Crippen LogP contribution is 2.54. The normalized spacial score (nSPS) is 18.5. The number of hydrogen-bond donors (Lipinski definition) is 1. The topological polar surface area (TPSA) is 90.2 Å². The van der Waals surface area contributed by atoms with Gasteiger partial charge in [-0.15, -0.1) is 0 Å². The summed E-state index contributed by atoms with van der Waals surface area (Å²) in [7, 11) is 1.56. The fourth-order valence-corrected chi connectivity index (χ4v) is 5.44. The van der Waals surface area contributed by atoms with Gasteiger partial charge in [-0.1, -0.05) is 30.3 Å². The largest absolute Gasteiger partial charge is 0.494 e. The van der Waals surface area contributed by atoms with Crippen LogP contribution in [0.1, 0.15) is 60.4 Å². The maximum Gasteiger partial charge on any atom is 0.307 e. The van der Waals surface area contributed by atoms with Gasteiger partial charge in [0.05, 0.1) is 18.2 Å². The summed E-state index contributed by atoms with van der Waals surface area (Å²) < 4.78 is 12.0. The second-order valence-electron chi connectivity index (χ2n) is 10.5. The molecule has 0 amide bonds. The number of carboxylic acid groups (broad SMARTS) is 1. The third kappa shape index (κ3) is 6.77. The molecule has 1 N–H and O–H groups in total. The molecular formula is C32H38N2O5. The molecular weight excluding hydrogens is 492 g/mol. The number of benzene rings is 2. The molecule has 1 aliphatic carbocycles. The van der Waals surface area contributed by atoms with E-state index in [2.05, 4.69) is 48.3 Å². The second-order valence-corrected chi connectivity index (χ2v) is 10.5. The third-order valence-electron chi connectivity index (χ3n) is 7.46. The van der Waals surface area contributed by atoms with Gasteiger partial charge in [-0.25, -0.2) is 4.98 Å². The molecule has 0 radical (unpaired) electrons. The average Bonchev–Trinajstić information content (AvgIpc) is 3.56. The minimum Gasteiger partial charge on any atom is -0.494 e. The highest BCUT2D eigenvalue weighted by molar-refractivity contribution is 5.81. The van der Waals surface area contributed by atoms with Crippen LogP contribution in [-0.2, 0) is 16.2 Å². The standard InChI is InChI=1S/C32H38N2O5/c1-19-15-28(33-17-27(19)30-23(5)31(30)32(35)36)39-18-24-10-7-11-25(16-24)29-20(2)13-26(14-21(29)3)38-12-8-9-22(4)34-37-6/h7,10-11,13-17,23,30-31H,8-9,12,18H2,1-6H3,(H,35,36). The van der Waals surface area contributed by atoms with Crippen molar-refractivity contribution in [3.63, 3.8) is 0 Å². The van der Waals surface area contributed by atoms with Crippen LogP contribution in [0.2, 0.25) is 0 Å². The van der Waals surface area contributed by atoms with Gasteiger partial charge >= 0.3 is 5.97 Å². The van der Waals surface area contributed by atoms with E-state index in [4.69, 9.17) is 14.3 Å². The highest BCUT2D eigenvalue weighted by Gasteiger charge is 2.53. The van der Waals surface area contributed by atoms with Crippen molar-refractivity contribution in [2.45, 2.75) is 60.0 Å². The Morgan fingerprint density at radius 1 is 1.05 bits per heavy atom. The Morgan fingerprint density at radius 2 is 1.79 bits per heavy atom. The van der Waals surface area contributed by atoms with Crippen LogP contribution in [0.4, 0.5) is 0 Å². The molecule has 4 rings (SSSR count). The molecule has 0 spiro atoms. The SMILES string of the molecule is CON=C(C)CCCOc1cc(C)c(-c2cccc(COc3cc(C)c(C4C(C)C4C(=O)O)cn3)c2)c(C)c1. The Hall–Kier alpha value is -3.87. The van der Waals surface area contributed by atoms with Crippen molar-refractivity contribution < 1.29 is 24.2 Å². The third-order valence-corrected chi connectivity index (χ3v) is 7.46. The van der Waals surface area contributed by atoms with Crippen molar-refractivity contribution in [2.75, 3.05) is 13.7 Å². The number of aromatic nitrogens is 1. The van der Waals surface area contributed by atoms with Crippen LogP contribution in [0.5, 0.6) is 11.6 Å². The minimum absolute atomic E-state index is 0.0311. The first-order valence-electron chi connectivity index (χ1n) is 13.4. The maximum absolute atomic E-state index is 11.4. The summed E-state index contributed by atoms with van der Waals surface area (Å²) in [6.07, 6.45) is 3.49. The molecule has 3 unspecified atom stereocenters. The second kappa shape index (κ2) is 12.3. The molecule has 1 aliphatic rings. The number of carbonyl (C=O) groups is 1. The van der Waals surface area contributed by atoms with E-state index in [-0.39, 0.29) is 17.8 Å². The Bertz CT molecular complexity index is 1340. The summed E-state index contributed by atoms with van der Waals surface area (Å²) in [5.41, 5.74) is 8.65. The Labute approximate surface area is 230 Å². The number of ether oxygens (including phenoxy) is 2. The number of pyridine rings is 1. The number of carboxylic acids is 1. The van der Waals surface area contributed by atoms with Gasteiger partial charge in [0, 0.05) is 18.2 Å². The molecule has 3 atom stereocenters. The number of hydrogen-bond acceptors (Lipinski definition) is 6. The average molecular weight is 531 g/mol. The maximum atomic E-state index is 11.4. The predicted molar refractivity (Wildman–Crippen MR) is 153 cm³/mol. The van der Waals surface area contributed by atoms with E-state index in [0.29, 0.717) is 19.1 Å². The van der Waals surface area contributed by atoms with Crippen LogP contribution in [0.25, 0.3) is 11.1 Å². The van der Waals surface area contributed by atoms with Crippen LogP contribution in [-0.4, -0.2) is 35.5 Å². The monoisotopic (exact) mass is 530 g/mol. The molecule has 39 heavy (non-hydrogen) atoms. The lowest BCUT2D eigenvalue weighted by atomic mass is 9.94. The molecule has 1 aromatic heterocycles. The van der Waals surface area contributed by atoms with Crippen molar-refractivity contribution in [3.05, 3.63) is 76.5 Å². The predicted octanol–water partition coefficient (Wildman–Crippen LogP) is 6.87. The zero-order valence-corrected chi connectivity index (χ0v) is 23.7. The van der Waals surface area contributed by atoms with Gasteiger partial charge in [0.15, 0.2) is 0 Å². The zero-order chi connectivity index (χ0) is 28.1. The number of nitrogens with zero attached hydrogens (tertiary/aromatic N) is 2. The van der Waals surface area contributed by atoms with Crippen LogP contribution in [0, 0.1) is 32.6 Å². The lowest BCUT2D eigenvalue weighted by molar-refractivity contribution is -0.138. The summed E-state index contributed by atoms with van der Waals surface area (Å²) in [6, 6.07) is 14.4. The van der Waals surface area contributed by atoms with Crippen molar-refractivity contribution in [1.29, 1.82) is 0 Å². The molecule has 7 nitrogen and oxygen atoms in total.